The van der Waals surface area contributed by atoms with Gasteiger partial charge in [-0.05, 0) is 36.4 Å². The fourth-order valence-corrected chi connectivity index (χ4v) is 3.37. The van der Waals surface area contributed by atoms with Crippen molar-refractivity contribution in [1.82, 2.24) is 35.2 Å². The fourth-order valence-electron chi connectivity index (χ4n) is 3.37. The minimum atomic E-state index is -0.629. The van der Waals surface area contributed by atoms with Gasteiger partial charge in [0.2, 0.25) is 5.82 Å². The van der Waals surface area contributed by atoms with Gasteiger partial charge in [-0.2, -0.15) is 0 Å². The summed E-state index contributed by atoms with van der Waals surface area (Å²) in [6.07, 6.45) is 5.15. The molecule has 0 radical (unpaired) electrons. The molecule has 0 bridgehead atoms. The smallest absolute Gasteiger partial charge is 0.306 e. The number of aromatic nitrogens is 5. The van der Waals surface area contributed by atoms with E-state index in [2.05, 4.69) is 25.9 Å². The monoisotopic (exact) mass is 449 g/mol. The second-order valence-corrected chi connectivity index (χ2v) is 7.30. The number of nitrogens with one attached hydrogen (secondary N) is 2. The molecule has 0 spiro atoms. The Bertz CT molecular complexity index is 1350. The van der Waals surface area contributed by atoms with Crippen LogP contribution in [0.2, 0.25) is 0 Å². The summed E-state index contributed by atoms with van der Waals surface area (Å²) < 4.78 is 3.42. The maximum Gasteiger partial charge on any atom is 0.309 e. The molecule has 3 aromatic carbocycles. The van der Waals surface area contributed by atoms with Crippen LogP contribution < -0.4 is 10.9 Å². The summed E-state index contributed by atoms with van der Waals surface area (Å²) in [7, 11) is 0. The highest BCUT2D eigenvalue weighted by Crippen LogP contribution is 2.21. The summed E-state index contributed by atoms with van der Waals surface area (Å²) >= 11 is 0. The van der Waals surface area contributed by atoms with Gasteiger partial charge >= 0.3 is 5.91 Å². The van der Waals surface area contributed by atoms with Crippen LogP contribution in [0.4, 0.5) is 0 Å². The molecule has 0 aliphatic carbocycles. The number of imidazole rings is 1. The van der Waals surface area contributed by atoms with E-state index in [1.807, 2.05) is 65.2 Å². The Morgan fingerprint density at radius 3 is 2.09 bits per heavy atom. The summed E-state index contributed by atoms with van der Waals surface area (Å²) in [6, 6.07) is 25.7. The molecule has 9 heteroatoms. The third-order valence-corrected chi connectivity index (χ3v) is 5.06. The molecule has 0 saturated heterocycles. The summed E-state index contributed by atoms with van der Waals surface area (Å²) in [5.41, 5.74) is 7.62. The van der Waals surface area contributed by atoms with Crippen LogP contribution in [0.3, 0.4) is 0 Å². The predicted octanol–water partition coefficient (Wildman–Crippen LogP) is 3.19. The Morgan fingerprint density at radius 2 is 1.41 bits per heavy atom. The van der Waals surface area contributed by atoms with E-state index < -0.39 is 11.8 Å². The number of carbonyl (C=O) groups excluding carboxylic acids is 2. The Labute approximate surface area is 194 Å². The summed E-state index contributed by atoms with van der Waals surface area (Å²) in [5, 5.41) is 4.38. The molecule has 34 heavy (non-hydrogen) atoms. The van der Waals surface area contributed by atoms with Crippen molar-refractivity contribution in [2.75, 3.05) is 0 Å². The summed E-state index contributed by atoms with van der Waals surface area (Å²) in [4.78, 5) is 33.7. The van der Waals surface area contributed by atoms with Crippen LogP contribution in [0, 0.1) is 0 Å². The van der Waals surface area contributed by atoms with Crippen molar-refractivity contribution in [2.24, 2.45) is 0 Å². The van der Waals surface area contributed by atoms with Crippen molar-refractivity contribution in [3.63, 3.8) is 0 Å². The molecular formula is C25H19N7O2. The molecule has 2 heterocycles. The summed E-state index contributed by atoms with van der Waals surface area (Å²) in [6.45, 7) is 0. The van der Waals surface area contributed by atoms with Crippen molar-refractivity contribution in [3.8, 4) is 22.8 Å². The Morgan fingerprint density at radius 1 is 0.735 bits per heavy atom. The number of benzene rings is 3. The van der Waals surface area contributed by atoms with Gasteiger partial charge in [-0.3, -0.25) is 20.4 Å². The normalized spacial score (nSPS) is 10.6. The molecule has 9 nitrogen and oxygen atoms in total. The second-order valence-electron chi connectivity index (χ2n) is 7.30. The van der Waals surface area contributed by atoms with Gasteiger partial charge in [0.25, 0.3) is 5.91 Å². The number of amides is 2. The molecule has 0 saturated carbocycles. The number of carbonyl (C=O) groups is 2. The van der Waals surface area contributed by atoms with E-state index in [1.54, 1.807) is 47.7 Å². The minimum Gasteiger partial charge on any atom is -0.306 e. The van der Waals surface area contributed by atoms with Gasteiger partial charge in [0, 0.05) is 29.2 Å². The maximum absolute atomic E-state index is 12.7. The van der Waals surface area contributed by atoms with Gasteiger partial charge in [-0.25, -0.2) is 14.6 Å². The SMILES string of the molecule is O=C(NNC(=O)c1nc(-c2ccccc2)n(-c2ccccc2)n1)c1ccc(-n2ccnc2)cc1. The van der Waals surface area contributed by atoms with E-state index in [9.17, 15) is 9.59 Å². The lowest BCUT2D eigenvalue weighted by Gasteiger charge is -2.07. The lowest BCUT2D eigenvalue weighted by molar-refractivity contribution is 0.0841. The van der Waals surface area contributed by atoms with Crippen LogP contribution in [0.5, 0.6) is 0 Å². The highest BCUT2D eigenvalue weighted by Gasteiger charge is 2.19. The number of para-hydroxylation sites is 1. The van der Waals surface area contributed by atoms with Crippen molar-refractivity contribution < 1.29 is 9.59 Å². The number of hydrogen-bond donors (Lipinski definition) is 2. The van der Waals surface area contributed by atoms with Gasteiger partial charge in [0.1, 0.15) is 0 Å². The third-order valence-electron chi connectivity index (χ3n) is 5.06. The van der Waals surface area contributed by atoms with Crippen molar-refractivity contribution in [1.29, 1.82) is 0 Å². The molecule has 5 aromatic rings. The van der Waals surface area contributed by atoms with Crippen LogP contribution >= 0.6 is 0 Å². The number of hydrazine groups is 1. The molecule has 2 N–H and O–H groups in total. The van der Waals surface area contributed by atoms with E-state index >= 15 is 0 Å². The second kappa shape index (κ2) is 9.21. The van der Waals surface area contributed by atoms with Crippen molar-refractivity contribution in [2.45, 2.75) is 0 Å². The predicted molar refractivity (Wildman–Crippen MR) is 125 cm³/mol. The average Bonchev–Trinajstić information content (AvgIpc) is 3.59. The zero-order valence-corrected chi connectivity index (χ0v) is 17.9. The quantitative estimate of drug-likeness (QED) is 0.401. The Hall–Kier alpha value is -5.05. The van der Waals surface area contributed by atoms with E-state index in [1.165, 1.54) is 0 Å². The topological polar surface area (TPSA) is 107 Å². The first-order valence-corrected chi connectivity index (χ1v) is 10.5. The average molecular weight is 449 g/mol. The zero-order valence-electron chi connectivity index (χ0n) is 17.9. The fraction of sp³-hybridized carbons (Fsp3) is 0. The summed E-state index contributed by atoms with van der Waals surface area (Å²) in [5.74, 6) is -0.650. The zero-order chi connectivity index (χ0) is 23.3. The van der Waals surface area contributed by atoms with Gasteiger partial charge in [0.05, 0.1) is 12.0 Å². The third kappa shape index (κ3) is 4.30. The molecule has 0 aliphatic rings. The van der Waals surface area contributed by atoms with Gasteiger partial charge in [-0.15, -0.1) is 5.10 Å². The Kier molecular flexibility index (Phi) is 5.64. The highest BCUT2D eigenvalue weighted by molar-refractivity contribution is 5.97. The van der Waals surface area contributed by atoms with E-state index in [0.717, 1.165) is 16.9 Å². The van der Waals surface area contributed by atoms with E-state index in [-0.39, 0.29) is 5.82 Å². The van der Waals surface area contributed by atoms with Crippen molar-refractivity contribution in [3.05, 3.63) is 115 Å². The molecule has 0 unspecified atom stereocenters. The van der Waals surface area contributed by atoms with Crippen LogP contribution in [0.1, 0.15) is 21.0 Å². The number of hydrogen-bond acceptors (Lipinski definition) is 5. The molecule has 0 aliphatic heterocycles. The molecule has 0 atom stereocenters. The first-order valence-electron chi connectivity index (χ1n) is 10.5. The lowest BCUT2D eigenvalue weighted by atomic mass is 10.2. The molecular weight excluding hydrogens is 430 g/mol. The molecule has 166 valence electrons. The number of nitrogens with zero attached hydrogens (tertiary/aromatic N) is 5. The maximum atomic E-state index is 12.7. The van der Waals surface area contributed by atoms with Crippen LogP contribution in [0.15, 0.2) is 104 Å². The minimum absolute atomic E-state index is 0.0709. The first-order chi connectivity index (χ1) is 16.7. The van der Waals surface area contributed by atoms with E-state index in [0.29, 0.717) is 11.4 Å². The first kappa shape index (κ1) is 20.8. The van der Waals surface area contributed by atoms with Gasteiger partial charge in [0.15, 0.2) is 5.82 Å². The van der Waals surface area contributed by atoms with Gasteiger partial charge < -0.3 is 4.57 Å². The van der Waals surface area contributed by atoms with Crippen LogP contribution in [-0.2, 0) is 0 Å². The molecule has 2 aromatic heterocycles. The van der Waals surface area contributed by atoms with Crippen LogP contribution in [-0.4, -0.2) is 36.1 Å². The van der Waals surface area contributed by atoms with E-state index in [4.69, 9.17) is 0 Å². The van der Waals surface area contributed by atoms with Crippen molar-refractivity contribution >= 4 is 11.8 Å². The number of rotatable bonds is 5. The standard InChI is InChI=1S/C25H19N7O2/c33-24(19-11-13-20(14-12-19)31-16-15-26-17-31)28-29-25(34)22-27-23(18-7-3-1-4-8-18)32(30-22)21-9-5-2-6-10-21/h1-17H,(H,28,33)(H,29,34). The largest absolute Gasteiger partial charge is 0.309 e. The lowest BCUT2D eigenvalue weighted by Crippen LogP contribution is -2.42. The van der Waals surface area contributed by atoms with Crippen LogP contribution in [0.25, 0.3) is 22.8 Å². The Balaban J connectivity index is 1.33. The molecule has 0 fully saturated rings. The molecule has 5 rings (SSSR count). The highest BCUT2D eigenvalue weighted by atomic mass is 16.2. The molecule has 2 amide bonds. The van der Waals surface area contributed by atoms with Gasteiger partial charge in [-0.1, -0.05) is 48.5 Å².